The Labute approximate surface area is 76.0 Å². The molecule has 0 aliphatic rings. The van der Waals surface area contributed by atoms with Crippen LogP contribution in [0, 0.1) is 0 Å². The minimum atomic E-state index is -0.771. The number of carbonyl (C=O) groups is 1. The summed E-state index contributed by atoms with van der Waals surface area (Å²) >= 11 is 0. The van der Waals surface area contributed by atoms with Gasteiger partial charge in [-0.25, -0.2) is 4.79 Å². The van der Waals surface area contributed by atoms with Gasteiger partial charge in [0.05, 0.1) is 12.8 Å². The third-order valence-electron chi connectivity index (χ3n) is 1.84. The predicted octanol–water partition coefficient (Wildman–Crippen LogP) is 0.792. The highest BCUT2D eigenvalue weighted by molar-refractivity contribution is 5.80. The lowest BCUT2D eigenvalue weighted by Gasteiger charge is -2.18. The molecule has 1 N–H and O–H groups in total. The van der Waals surface area contributed by atoms with Crippen molar-refractivity contribution in [1.82, 2.24) is 10.2 Å². The van der Waals surface area contributed by atoms with Gasteiger partial charge in [0.15, 0.2) is 0 Å². The summed E-state index contributed by atoms with van der Waals surface area (Å²) < 4.78 is 0. The van der Waals surface area contributed by atoms with Crippen molar-refractivity contribution >= 4 is 5.97 Å². The highest BCUT2D eigenvalue weighted by Gasteiger charge is 2.33. The summed E-state index contributed by atoms with van der Waals surface area (Å²) in [5.74, 6) is -0.459. The molecule has 0 radical (unpaired) electrons. The minimum absolute atomic E-state index is 0.459. The van der Waals surface area contributed by atoms with Crippen LogP contribution in [0.2, 0.25) is 0 Å². The molecule has 1 aromatic heterocycles. The van der Waals surface area contributed by atoms with Crippen LogP contribution in [0.5, 0.6) is 0 Å². The van der Waals surface area contributed by atoms with Crippen molar-refractivity contribution in [1.29, 1.82) is 0 Å². The molecule has 0 saturated heterocycles. The Bertz CT molecular complexity index is 280. The maximum atomic E-state index is 11.4. The number of H-pyrrole nitrogens is 1. The fourth-order valence-electron chi connectivity index (χ4n) is 0.894. The maximum absolute atomic E-state index is 11.4. The smallest absolute Gasteiger partial charge is 0.298 e. The number of nitrogens with zero attached hydrogens (tertiary/aromatic N) is 1. The summed E-state index contributed by atoms with van der Waals surface area (Å²) in [7, 11) is 1.29. The fourth-order valence-corrected chi connectivity index (χ4v) is 0.894. The number of rotatable bonds is 3. The molecular formula is C8H12N2O3. The Morgan fingerprint density at radius 2 is 2.31 bits per heavy atom. The summed E-state index contributed by atoms with van der Waals surface area (Å²) in [4.78, 5) is 20.1. The van der Waals surface area contributed by atoms with E-state index < -0.39 is 11.4 Å². The van der Waals surface area contributed by atoms with E-state index in [4.69, 9.17) is 0 Å². The van der Waals surface area contributed by atoms with Gasteiger partial charge in [0, 0.05) is 6.20 Å². The van der Waals surface area contributed by atoms with Crippen molar-refractivity contribution in [2.24, 2.45) is 0 Å². The largest absolute Gasteiger partial charge is 0.353 e. The van der Waals surface area contributed by atoms with E-state index in [1.54, 1.807) is 26.1 Å². The molecule has 1 rings (SSSR count). The van der Waals surface area contributed by atoms with Crippen LogP contribution in [0.3, 0.4) is 0 Å². The van der Waals surface area contributed by atoms with E-state index in [1.807, 2.05) is 0 Å². The van der Waals surface area contributed by atoms with Crippen molar-refractivity contribution in [3.8, 4) is 0 Å². The van der Waals surface area contributed by atoms with Crippen molar-refractivity contribution in [3.05, 3.63) is 18.0 Å². The zero-order valence-electron chi connectivity index (χ0n) is 7.83. The van der Waals surface area contributed by atoms with Crippen molar-refractivity contribution in [2.45, 2.75) is 19.3 Å². The van der Waals surface area contributed by atoms with Gasteiger partial charge in [0.2, 0.25) is 0 Å². The molecule has 0 amide bonds. The van der Waals surface area contributed by atoms with E-state index in [9.17, 15) is 4.79 Å². The number of carbonyl (C=O) groups excluding carboxylic acids is 1. The third-order valence-corrected chi connectivity index (χ3v) is 1.84. The lowest BCUT2D eigenvalue weighted by molar-refractivity contribution is -0.260. The zero-order valence-corrected chi connectivity index (χ0v) is 7.83. The van der Waals surface area contributed by atoms with Gasteiger partial charge in [0.1, 0.15) is 5.41 Å². The topological polar surface area (TPSA) is 64.2 Å². The van der Waals surface area contributed by atoms with Crippen molar-refractivity contribution in [2.75, 3.05) is 7.11 Å². The average molecular weight is 184 g/mol. The number of aromatic nitrogens is 2. The van der Waals surface area contributed by atoms with Gasteiger partial charge in [0.25, 0.3) is 0 Å². The van der Waals surface area contributed by atoms with Gasteiger partial charge in [-0.1, -0.05) is 0 Å². The zero-order chi connectivity index (χ0) is 9.90. The standard InChI is InChI=1S/C8H12N2O3/c1-8(2,7(11)13-12-3)6-4-5-9-10-6/h4-5H,1-3H3,(H,9,10). The molecule has 5 nitrogen and oxygen atoms in total. The first-order valence-corrected chi connectivity index (χ1v) is 3.84. The van der Waals surface area contributed by atoms with E-state index in [-0.39, 0.29) is 0 Å². The van der Waals surface area contributed by atoms with E-state index in [1.165, 1.54) is 7.11 Å². The number of aromatic amines is 1. The van der Waals surface area contributed by atoms with Crippen LogP contribution in [-0.2, 0) is 20.0 Å². The highest BCUT2D eigenvalue weighted by Crippen LogP contribution is 2.22. The molecule has 0 aromatic carbocycles. The van der Waals surface area contributed by atoms with Crippen LogP contribution in [0.1, 0.15) is 19.5 Å². The predicted molar refractivity (Wildman–Crippen MR) is 44.7 cm³/mol. The van der Waals surface area contributed by atoms with Gasteiger partial charge in [-0.3, -0.25) is 9.99 Å². The van der Waals surface area contributed by atoms with Crippen LogP contribution in [0.25, 0.3) is 0 Å². The summed E-state index contributed by atoms with van der Waals surface area (Å²) in [6, 6.07) is 1.72. The van der Waals surface area contributed by atoms with Crippen LogP contribution in [-0.4, -0.2) is 23.3 Å². The molecular weight excluding hydrogens is 172 g/mol. The van der Waals surface area contributed by atoms with Crippen molar-refractivity contribution < 1.29 is 14.6 Å². The normalized spacial score (nSPS) is 11.3. The van der Waals surface area contributed by atoms with Crippen LogP contribution in [0.15, 0.2) is 12.3 Å². The molecule has 0 spiro atoms. The maximum Gasteiger partial charge on any atom is 0.353 e. The van der Waals surface area contributed by atoms with Gasteiger partial charge < -0.3 is 0 Å². The molecule has 5 heteroatoms. The molecule has 0 saturated carbocycles. The molecule has 0 atom stereocenters. The molecule has 0 fully saturated rings. The average Bonchev–Trinajstić information content (AvgIpc) is 2.56. The summed E-state index contributed by atoms with van der Waals surface area (Å²) in [5.41, 5.74) is -0.0819. The van der Waals surface area contributed by atoms with Crippen LogP contribution >= 0.6 is 0 Å². The number of nitrogens with one attached hydrogen (secondary N) is 1. The Kier molecular flexibility index (Phi) is 2.67. The van der Waals surface area contributed by atoms with Crippen LogP contribution in [0.4, 0.5) is 0 Å². The monoisotopic (exact) mass is 184 g/mol. The lowest BCUT2D eigenvalue weighted by Crippen LogP contribution is -2.31. The summed E-state index contributed by atoms with van der Waals surface area (Å²) in [6.07, 6.45) is 1.58. The first kappa shape index (κ1) is 9.73. The van der Waals surface area contributed by atoms with Crippen LogP contribution < -0.4 is 0 Å². The fraction of sp³-hybridized carbons (Fsp3) is 0.500. The Balaban J connectivity index is 2.82. The van der Waals surface area contributed by atoms with Gasteiger partial charge in [-0.05, 0) is 19.9 Å². The van der Waals surface area contributed by atoms with E-state index in [0.29, 0.717) is 5.69 Å². The molecule has 0 aliphatic heterocycles. The van der Waals surface area contributed by atoms with Crippen molar-refractivity contribution in [3.63, 3.8) is 0 Å². The van der Waals surface area contributed by atoms with E-state index >= 15 is 0 Å². The molecule has 0 unspecified atom stereocenters. The first-order valence-electron chi connectivity index (χ1n) is 3.84. The van der Waals surface area contributed by atoms with E-state index in [0.717, 1.165) is 0 Å². The Morgan fingerprint density at radius 3 is 2.77 bits per heavy atom. The molecule has 13 heavy (non-hydrogen) atoms. The molecule has 1 heterocycles. The highest BCUT2D eigenvalue weighted by atomic mass is 17.2. The second-order valence-electron chi connectivity index (χ2n) is 3.13. The second-order valence-corrected chi connectivity index (χ2v) is 3.13. The summed E-state index contributed by atoms with van der Waals surface area (Å²) in [6.45, 7) is 3.45. The molecule has 0 bridgehead atoms. The van der Waals surface area contributed by atoms with E-state index in [2.05, 4.69) is 20.0 Å². The number of hydrogen-bond donors (Lipinski definition) is 1. The minimum Gasteiger partial charge on any atom is -0.298 e. The number of hydrogen-bond acceptors (Lipinski definition) is 4. The first-order chi connectivity index (χ1) is 6.09. The van der Waals surface area contributed by atoms with Gasteiger partial charge >= 0.3 is 5.97 Å². The molecule has 0 aliphatic carbocycles. The third kappa shape index (κ3) is 1.86. The SMILES string of the molecule is COOC(=O)C(C)(C)c1ccn[nH]1. The Morgan fingerprint density at radius 1 is 1.62 bits per heavy atom. The van der Waals surface area contributed by atoms with Gasteiger partial charge in [-0.2, -0.15) is 9.99 Å². The lowest BCUT2D eigenvalue weighted by atomic mass is 9.90. The van der Waals surface area contributed by atoms with Gasteiger partial charge in [-0.15, -0.1) is 0 Å². The quantitative estimate of drug-likeness (QED) is 0.557. The second kappa shape index (κ2) is 3.57. The molecule has 1 aromatic rings. The molecule has 72 valence electrons. The summed E-state index contributed by atoms with van der Waals surface area (Å²) in [5, 5.41) is 6.47. The Hall–Kier alpha value is -1.36.